The molecule has 1 unspecified atom stereocenters. The molecule has 1 saturated heterocycles. The van der Waals surface area contributed by atoms with Crippen LogP contribution < -0.4 is 26.5 Å². The van der Waals surface area contributed by atoms with E-state index in [1.165, 1.54) is 64.4 Å². The summed E-state index contributed by atoms with van der Waals surface area (Å²) in [6, 6.07) is 55.0. The van der Waals surface area contributed by atoms with Gasteiger partial charge in [-0.05, 0) is 92.0 Å². The largest absolute Gasteiger partial charge is 0.296 e. The van der Waals surface area contributed by atoms with Crippen molar-refractivity contribution in [3.8, 4) is 0 Å². The van der Waals surface area contributed by atoms with Crippen molar-refractivity contribution in [3.05, 3.63) is 163 Å². The summed E-state index contributed by atoms with van der Waals surface area (Å²) >= 11 is 0. The van der Waals surface area contributed by atoms with Crippen LogP contribution in [0, 0.1) is 5.92 Å². The Morgan fingerprint density at radius 3 is 1.47 bits per heavy atom. The highest BCUT2D eigenvalue weighted by molar-refractivity contribution is 7.80. The molecular weight excluding hydrogens is 556 g/mol. The molecule has 5 aromatic rings. The number of rotatable bonds is 9. The van der Waals surface area contributed by atoms with Crippen LogP contribution in [0.25, 0.3) is 0 Å². The van der Waals surface area contributed by atoms with Gasteiger partial charge < -0.3 is 0 Å². The van der Waals surface area contributed by atoms with Crippen molar-refractivity contribution < 1.29 is 0 Å². The average molecular weight is 596 g/mol. The van der Waals surface area contributed by atoms with Crippen LogP contribution in [0.15, 0.2) is 157 Å². The molecule has 1 fully saturated rings. The monoisotopic (exact) mass is 595 g/mol. The Bertz CT molecular complexity index is 1550. The molecule has 1 aliphatic carbocycles. The Kier molecular flexibility index (Phi) is 8.95. The molecule has 1 aliphatic heterocycles. The summed E-state index contributed by atoms with van der Waals surface area (Å²) in [5.41, 5.74) is 1.54. The molecule has 1 heterocycles. The molecule has 3 heteroatoms. The minimum Gasteiger partial charge on any atom is -0.296 e. The lowest BCUT2D eigenvalue weighted by atomic mass is 9.91. The number of allylic oxidation sites excluding steroid dienone is 1. The maximum atomic E-state index is 2.84. The topological polar surface area (TPSA) is 3.24 Å². The molecular formula is C40H39NP2. The predicted octanol–water partition coefficient (Wildman–Crippen LogP) is 8.01. The lowest BCUT2D eigenvalue weighted by Gasteiger charge is -2.39. The quantitative estimate of drug-likeness (QED) is 0.156. The van der Waals surface area contributed by atoms with Crippen LogP contribution in [-0.2, 0) is 0 Å². The number of benzene rings is 5. The summed E-state index contributed by atoms with van der Waals surface area (Å²) in [6.07, 6.45) is 7.60. The van der Waals surface area contributed by atoms with Crippen LogP contribution in [0.5, 0.6) is 0 Å². The lowest BCUT2D eigenvalue weighted by molar-refractivity contribution is 0.196. The van der Waals surface area contributed by atoms with Crippen molar-refractivity contribution in [2.45, 2.75) is 31.7 Å². The lowest BCUT2D eigenvalue weighted by Crippen LogP contribution is -2.36. The fourth-order valence-corrected chi connectivity index (χ4v) is 12.3. The fourth-order valence-electron chi connectivity index (χ4n) is 7.10. The van der Waals surface area contributed by atoms with E-state index in [2.05, 4.69) is 157 Å². The van der Waals surface area contributed by atoms with Crippen LogP contribution in [-0.4, -0.2) is 18.0 Å². The molecule has 0 spiro atoms. The highest BCUT2D eigenvalue weighted by atomic mass is 31.1. The van der Waals surface area contributed by atoms with Crippen LogP contribution in [0.1, 0.15) is 37.3 Å². The minimum absolute atomic E-state index is 0.377. The first kappa shape index (κ1) is 28.4. The van der Waals surface area contributed by atoms with E-state index >= 15 is 0 Å². The van der Waals surface area contributed by atoms with E-state index in [0.29, 0.717) is 12.0 Å². The summed E-state index contributed by atoms with van der Waals surface area (Å²) in [4.78, 5) is 2.84. The van der Waals surface area contributed by atoms with Gasteiger partial charge in [0.05, 0.1) is 0 Å². The van der Waals surface area contributed by atoms with Crippen molar-refractivity contribution in [2.75, 3.05) is 13.1 Å². The molecule has 43 heavy (non-hydrogen) atoms. The van der Waals surface area contributed by atoms with E-state index in [1.807, 2.05) is 0 Å². The van der Waals surface area contributed by atoms with Crippen molar-refractivity contribution in [3.63, 3.8) is 0 Å². The van der Waals surface area contributed by atoms with Gasteiger partial charge in [0, 0.05) is 12.0 Å². The van der Waals surface area contributed by atoms with Gasteiger partial charge in [-0.3, -0.25) is 4.90 Å². The Balaban J connectivity index is 1.38. The van der Waals surface area contributed by atoms with E-state index in [0.717, 1.165) is 6.42 Å². The van der Waals surface area contributed by atoms with Crippen molar-refractivity contribution in [1.29, 1.82) is 0 Å². The van der Waals surface area contributed by atoms with E-state index in [-0.39, 0.29) is 0 Å². The Labute approximate surface area is 259 Å². The number of hydrogen-bond donors (Lipinski definition) is 0. The minimum atomic E-state index is -0.686. The van der Waals surface area contributed by atoms with Crippen LogP contribution in [0.3, 0.4) is 0 Å². The zero-order valence-corrected chi connectivity index (χ0v) is 26.5. The molecule has 0 radical (unpaired) electrons. The normalized spacial score (nSPS) is 17.8. The van der Waals surface area contributed by atoms with Crippen LogP contribution in [0.2, 0.25) is 0 Å². The number of nitrogens with zero attached hydrogens (tertiary/aromatic N) is 1. The summed E-state index contributed by atoms with van der Waals surface area (Å²) < 4.78 is 0. The zero-order valence-electron chi connectivity index (χ0n) is 24.7. The van der Waals surface area contributed by atoms with E-state index in [1.54, 1.807) is 5.31 Å². The predicted molar refractivity (Wildman–Crippen MR) is 189 cm³/mol. The molecule has 2 atom stereocenters. The molecule has 0 N–H and O–H groups in total. The van der Waals surface area contributed by atoms with Gasteiger partial charge in [-0.25, -0.2) is 0 Å². The third-order valence-electron chi connectivity index (χ3n) is 8.94. The van der Waals surface area contributed by atoms with Gasteiger partial charge in [0.15, 0.2) is 0 Å². The zero-order chi connectivity index (χ0) is 28.8. The SMILES string of the molecule is C1=C(P(c2ccccc2)c2ccccc2)[C@H](C(c2ccccc2P(c2ccccc2)c2ccccc2)N2CCCC2)CC1. The fraction of sp³-hybridized carbons (Fsp3) is 0.200. The molecule has 214 valence electrons. The summed E-state index contributed by atoms with van der Waals surface area (Å²) in [6.45, 7) is 2.37. The first-order valence-corrected chi connectivity index (χ1v) is 18.4. The molecule has 0 aromatic heterocycles. The summed E-state index contributed by atoms with van der Waals surface area (Å²) in [5, 5.41) is 8.96. The van der Waals surface area contributed by atoms with E-state index in [4.69, 9.17) is 0 Å². The summed E-state index contributed by atoms with van der Waals surface area (Å²) in [5.74, 6) is 0.495. The van der Waals surface area contributed by atoms with Gasteiger partial charge in [0.25, 0.3) is 0 Å². The average Bonchev–Trinajstić information content (AvgIpc) is 3.78. The number of likely N-dealkylation sites (tertiary alicyclic amines) is 1. The van der Waals surface area contributed by atoms with E-state index < -0.39 is 15.8 Å². The number of hydrogen-bond acceptors (Lipinski definition) is 1. The van der Waals surface area contributed by atoms with Gasteiger partial charge in [0.2, 0.25) is 0 Å². The first-order chi connectivity index (χ1) is 21.4. The third kappa shape index (κ3) is 6.05. The van der Waals surface area contributed by atoms with Gasteiger partial charge in [-0.2, -0.15) is 0 Å². The maximum Gasteiger partial charge on any atom is 0.0423 e. The van der Waals surface area contributed by atoms with Crippen molar-refractivity contribution >= 4 is 42.4 Å². The van der Waals surface area contributed by atoms with Gasteiger partial charge in [-0.15, -0.1) is 0 Å². The second-order valence-corrected chi connectivity index (χ2v) is 16.0. The Morgan fingerprint density at radius 1 is 0.512 bits per heavy atom. The molecule has 0 amide bonds. The molecule has 1 nitrogen and oxygen atoms in total. The van der Waals surface area contributed by atoms with Crippen molar-refractivity contribution in [1.82, 2.24) is 4.90 Å². The smallest absolute Gasteiger partial charge is 0.0423 e. The molecule has 5 aromatic carbocycles. The Morgan fingerprint density at radius 2 is 0.953 bits per heavy atom. The molecule has 7 rings (SSSR count). The second kappa shape index (κ2) is 13.5. The molecule has 0 bridgehead atoms. The first-order valence-electron chi connectivity index (χ1n) is 15.7. The second-order valence-electron chi connectivity index (χ2n) is 11.6. The molecule has 2 aliphatic rings. The highest BCUT2D eigenvalue weighted by Crippen LogP contribution is 2.56. The third-order valence-corrected chi connectivity index (χ3v) is 14.1. The maximum absolute atomic E-state index is 2.84. The van der Waals surface area contributed by atoms with Crippen molar-refractivity contribution in [2.24, 2.45) is 5.92 Å². The van der Waals surface area contributed by atoms with Gasteiger partial charge in [-0.1, -0.05) is 152 Å². The van der Waals surface area contributed by atoms with Gasteiger partial charge in [0.1, 0.15) is 0 Å². The molecule has 0 saturated carbocycles. The summed E-state index contributed by atoms with van der Waals surface area (Å²) in [7, 11) is -1.29. The van der Waals surface area contributed by atoms with Crippen LogP contribution in [0.4, 0.5) is 0 Å². The van der Waals surface area contributed by atoms with E-state index in [9.17, 15) is 0 Å². The Hall–Kier alpha value is -3.34. The highest BCUT2D eigenvalue weighted by Gasteiger charge is 2.39. The van der Waals surface area contributed by atoms with Crippen LogP contribution >= 0.6 is 15.8 Å². The van der Waals surface area contributed by atoms with Gasteiger partial charge >= 0.3 is 0 Å². The standard InChI is InChI=1S/C40H39NP2/c1-5-18-32(19-6-1)42(33-20-7-2-8-21-33)38-28-14-13-26-36(38)40(41-30-15-16-31-41)37-27-17-29-39(37)43(34-22-9-3-10-23-34)35-24-11-4-12-25-35/h1-14,18-26,28-29,37,40H,15-17,27,30-31H2/t37-,40?/m1/s1.